The fourth-order valence-electron chi connectivity index (χ4n) is 4.14. The molecular formula is C19H23N3O3. The summed E-state index contributed by atoms with van der Waals surface area (Å²) < 4.78 is 11.3. The van der Waals surface area contributed by atoms with Crippen molar-refractivity contribution in [1.29, 1.82) is 0 Å². The van der Waals surface area contributed by atoms with Crippen LogP contribution in [0.25, 0.3) is 4.85 Å². The Balaban J connectivity index is 2.23. The molecule has 25 heavy (non-hydrogen) atoms. The van der Waals surface area contributed by atoms with Gasteiger partial charge >= 0.3 is 6.01 Å². The zero-order valence-corrected chi connectivity index (χ0v) is 15.1. The monoisotopic (exact) mass is 341 g/mol. The Kier molecular flexibility index (Phi) is 4.51. The number of nitrogens with zero attached hydrogens (tertiary/aromatic N) is 3. The van der Waals surface area contributed by atoms with Crippen molar-refractivity contribution >= 4 is 5.78 Å². The Hall–Kier alpha value is -2.42. The van der Waals surface area contributed by atoms with E-state index in [-0.39, 0.29) is 29.3 Å². The predicted molar refractivity (Wildman–Crippen MR) is 92.4 cm³/mol. The predicted octanol–water partition coefficient (Wildman–Crippen LogP) is 3.12. The number of aromatic nitrogens is 2. The van der Waals surface area contributed by atoms with Crippen molar-refractivity contribution in [3.63, 3.8) is 0 Å². The highest BCUT2D eigenvalue weighted by molar-refractivity contribution is 6.00. The first-order chi connectivity index (χ1) is 12.0. The number of hydrogen-bond acceptors (Lipinski definition) is 5. The number of hydrogen-bond donors (Lipinski definition) is 0. The summed E-state index contributed by atoms with van der Waals surface area (Å²) in [5.74, 6) is 0.396. The molecule has 132 valence electrons. The summed E-state index contributed by atoms with van der Waals surface area (Å²) in [5.41, 5.74) is 1.49. The molecule has 6 heteroatoms. The first-order valence-corrected chi connectivity index (χ1v) is 8.77. The zero-order valence-electron chi connectivity index (χ0n) is 15.1. The van der Waals surface area contributed by atoms with Gasteiger partial charge in [0.15, 0.2) is 5.78 Å². The van der Waals surface area contributed by atoms with Crippen LogP contribution in [0, 0.1) is 18.4 Å². The van der Waals surface area contributed by atoms with Gasteiger partial charge in [-0.15, -0.1) is 0 Å². The van der Waals surface area contributed by atoms with Gasteiger partial charge in [0.25, 0.3) is 0 Å². The topological polar surface area (TPSA) is 65.7 Å². The quantitative estimate of drug-likeness (QED) is 0.787. The summed E-state index contributed by atoms with van der Waals surface area (Å²) in [4.78, 5) is 25.0. The van der Waals surface area contributed by atoms with E-state index in [1.807, 2.05) is 20.8 Å². The third-order valence-corrected chi connectivity index (χ3v) is 5.32. The van der Waals surface area contributed by atoms with Gasteiger partial charge in [0.1, 0.15) is 0 Å². The molecule has 0 aromatic carbocycles. The van der Waals surface area contributed by atoms with Crippen LogP contribution >= 0.6 is 0 Å². The highest BCUT2D eigenvalue weighted by Gasteiger charge is 2.49. The number of allylic oxidation sites excluding steroid dienone is 2. The molecule has 0 radical (unpaired) electrons. The third-order valence-electron chi connectivity index (χ3n) is 5.32. The molecule has 0 amide bonds. The molecule has 1 aromatic rings. The van der Waals surface area contributed by atoms with Crippen LogP contribution in [0.15, 0.2) is 11.8 Å². The molecule has 0 N–H and O–H groups in total. The molecule has 1 aromatic heterocycles. The summed E-state index contributed by atoms with van der Waals surface area (Å²) in [7, 11) is 0. The lowest BCUT2D eigenvalue weighted by atomic mass is 9.58. The molecule has 6 nitrogen and oxygen atoms in total. The number of carbonyl (C=O) groups is 1. The van der Waals surface area contributed by atoms with E-state index in [0.717, 1.165) is 24.1 Å². The maximum atomic E-state index is 12.4. The van der Waals surface area contributed by atoms with Crippen LogP contribution in [-0.4, -0.2) is 29.0 Å². The number of rotatable bonds is 4. The van der Waals surface area contributed by atoms with Gasteiger partial charge in [-0.25, -0.2) is 4.85 Å². The zero-order chi connectivity index (χ0) is 18.2. The molecule has 3 rings (SSSR count). The number of fused-ring (bicyclic) bond motifs is 3. The van der Waals surface area contributed by atoms with E-state index in [4.69, 9.17) is 16.0 Å². The van der Waals surface area contributed by atoms with Crippen LogP contribution in [0.4, 0.5) is 0 Å². The van der Waals surface area contributed by atoms with Crippen LogP contribution < -0.4 is 9.47 Å². The van der Waals surface area contributed by atoms with Crippen molar-refractivity contribution < 1.29 is 14.3 Å². The van der Waals surface area contributed by atoms with Gasteiger partial charge in [-0.05, 0) is 32.6 Å². The first kappa shape index (κ1) is 17.4. The molecule has 0 saturated heterocycles. The van der Waals surface area contributed by atoms with Gasteiger partial charge in [0.05, 0.1) is 25.5 Å². The number of ether oxygens (including phenoxy) is 2. The molecule has 0 aliphatic heterocycles. The SMILES string of the molecule is [C-]#[N+]C1=C[C@]2(C)c3nc(OCC)nc(OCC)c3CC[C@H]2[C@H](C)C1=O. The highest BCUT2D eigenvalue weighted by atomic mass is 16.5. The number of carbonyl (C=O) groups excluding carboxylic acids is 1. The lowest BCUT2D eigenvalue weighted by molar-refractivity contribution is -0.121. The van der Waals surface area contributed by atoms with Crippen LogP contribution in [-0.2, 0) is 16.6 Å². The maximum absolute atomic E-state index is 12.4. The second kappa shape index (κ2) is 6.47. The molecule has 2 aliphatic carbocycles. The highest BCUT2D eigenvalue weighted by Crippen LogP contribution is 2.51. The average Bonchev–Trinajstić information content (AvgIpc) is 2.59. The van der Waals surface area contributed by atoms with Crippen molar-refractivity contribution in [3.8, 4) is 11.9 Å². The molecule has 0 saturated carbocycles. The second-order valence-corrected chi connectivity index (χ2v) is 6.73. The van der Waals surface area contributed by atoms with E-state index in [1.54, 1.807) is 6.08 Å². The van der Waals surface area contributed by atoms with E-state index >= 15 is 0 Å². The van der Waals surface area contributed by atoms with Gasteiger partial charge in [-0.3, -0.25) is 0 Å². The van der Waals surface area contributed by atoms with E-state index in [9.17, 15) is 4.79 Å². The van der Waals surface area contributed by atoms with Crippen molar-refractivity contribution in [3.05, 3.63) is 34.4 Å². The molecule has 0 bridgehead atoms. The third kappa shape index (κ3) is 2.68. The maximum Gasteiger partial charge on any atom is 0.319 e. The largest absolute Gasteiger partial charge is 0.478 e. The van der Waals surface area contributed by atoms with Gasteiger partial charge in [0.2, 0.25) is 11.6 Å². The molecule has 0 fully saturated rings. The van der Waals surface area contributed by atoms with Crippen molar-refractivity contribution in [2.24, 2.45) is 11.8 Å². The van der Waals surface area contributed by atoms with E-state index < -0.39 is 5.41 Å². The minimum Gasteiger partial charge on any atom is -0.478 e. The first-order valence-electron chi connectivity index (χ1n) is 8.77. The molecule has 2 aliphatic rings. The van der Waals surface area contributed by atoms with Crippen LogP contribution in [0.2, 0.25) is 0 Å². The summed E-state index contributed by atoms with van der Waals surface area (Å²) >= 11 is 0. The number of Topliss-reactive ketones (excluding diaryl/α,β-unsaturated/α-hetero) is 1. The smallest absolute Gasteiger partial charge is 0.319 e. The molecular weight excluding hydrogens is 318 g/mol. The van der Waals surface area contributed by atoms with E-state index in [0.29, 0.717) is 19.1 Å². The molecule has 3 atom stereocenters. The number of ketones is 1. The van der Waals surface area contributed by atoms with Crippen LogP contribution in [0.1, 0.15) is 45.4 Å². The van der Waals surface area contributed by atoms with E-state index in [1.165, 1.54) is 0 Å². The molecule has 0 unspecified atom stereocenters. The van der Waals surface area contributed by atoms with Crippen molar-refractivity contribution in [1.82, 2.24) is 9.97 Å². The fraction of sp³-hybridized carbons (Fsp3) is 0.579. The van der Waals surface area contributed by atoms with Crippen molar-refractivity contribution in [2.45, 2.75) is 46.0 Å². The lowest BCUT2D eigenvalue weighted by Gasteiger charge is -2.45. The normalized spacial score (nSPS) is 27.6. The van der Waals surface area contributed by atoms with Gasteiger partial charge in [-0.2, -0.15) is 9.97 Å². The summed E-state index contributed by atoms with van der Waals surface area (Å²) in [5, 5.41) is 0. The minimum absolute atomic E-state index is 0.0648. The second-order valence-electron chi connectivity index (χ2n) is 6.73. The molecule has 1 heterocycles. The Bertz CT molecular complexity index is 781. The van der Waals surface area contributed by atoms with E-state index in [2.05, 4.69) is 21.7 Å². The molecule has 0 spiro atoms. The van der Waals surface area contributed by atoms with Gasteiger partial charge in [0, 0.05) is 16.9 Å². The van der Waals surface area contributed by atoms with Gasteiger partial charge < -0.3 is 14.3 Å². The Morgan fingerprint density at radius 1 is 1.32 bits per heavy atom. The standard InChI is InChI=1S/C19H23N3O3/c1-6-24-17-12-8-9-13-11(3)15(23)14(20-5)10-19(13,4)16(12)21-18(22-17)25-7-2/h10-11,13H,6-9H2,1-4H3/t11-,13-,19-/m0/s1. The van der Waals surface area contributed by atoms with Crippen LogP contribution in [0.5, 0.6) is 11.9 Å². The fourth-order valence-corrected chi connectivity index (χ4v) is 4.14. The Morgan fingerprint density at radius 3 is 2.68 bits per heavy atom. The van der Waals surface area contributed by atoms with Crippen LogP contribution in [0.3, 0.4) is 0 Å². The lowest BCUT2D eigenvalue weighted by Crippen LogP contribution is -2.46. The summed E-state index contributed by atoms with van der Waals surface area (Å²) in [6.45, 7) is 16.1. The van der Waals surface area contributed by atoms with Gasteiger partial charge in [-0.1, -0.05) is 19.9 Å². The average molecular weight is 341 g/mol. The van der Waals surface area contributed by atoms with Crippen molar-refractivity contribution in [2.75, 3.05) is 13.2 Å². The summed E-state index contributed by atoms with van der Waals surface area (Å²) in [6, 6.07) is 0.286. The summed E-state index contributed by atoms with van der Waals surface area (Å²) in [6.07, 6.45) is 3.40. The minimum atomic E-state index is -0.499. The Labute approximate surface area is 148 Å². The Morgan fingerprint density at radius 2 is 2.04 bits per heavy atom.